The number of anilines is 1. The van der Waals surface area contributed by atoms with Gasteiger partial charge in [-0.2, -0.15) is 0 Å². The molecule has 0 heterocycles. The number of hydrogen-bond acceptors (Lipinski definition) is 3. The third-order valence-corrected chi connectivity index (χ3v) is 3.53. The number of hydrogen-bond donors (Lipinski definition) is 2. The summed E-state index contributed by atoms with van der Waals surface area (Å²) in [6.45, 7) is 2.94. The fourth-order valence-electron chi connectivity index (χ4n) is 1.61. The molecule has 0 saturated heterocycles. The van der Waals surface area contributed by atoms with Crippen LogP contribution in [0.1, 0.15) is 18.9 Å². The standard InChI is InChI=1S/C12H20N2S/c1-3-9(8-13)6-10-4-5-11(14)12(7-10)15-2/h4-5,7,9H,3,6,8,13-14H2,1-2H3. The van der Waals surface area contributed by atoms with E-state index >= 15 is 0 Å². The summed E-state index contributed by atoms with van der Waals surface area (Å²) in [5.74, 6) is 0.586. The van der Waals surface area contributed by atoms with E-state index in [0.29, 0.717) is 5.92 Å². The average molecular weight is 224 g/mol. The van der Waals surface area contributed by atoms with Crippen LogP contribution in [-0.2, 0) is 6.42 Å². The SMILES string of the molecule is CCC(CN)Cc1ccc(N)c(SC)c1. The van der Waals surface area contributed by atoms with E-state index in [1.165, 1.54) is 10.5 Å². The number of thioether (sulfide) groups is 1. The molecule has 0 saturated carbocycles. The van der Waals surface area contributed by atoms with Crippen molar-refractivity contribution in [1.82, 2.24) is 0 Å². The van der Waals surface area contributed by atoms with Crippen molar-refractivity contribution < 1.29 is 0 Å². The van der Waals surface area contributed by atoms with E-state index < -0.39 is 0 Å². The fraction of sp³-hybridized carbons (Fsp3) is 0.500. The van der Waals surface area contributed by atoms with Gasteiger partial charge in [-0.1, -0.05) is 19.4 Å². The predicted molar refractivity (Wildman–Crippen MR) is 69.2 cm³/mol. The highest BCUT2D eigenvalue weighted by Gasteiger charge is 2.06. The number of rotatable bonds is 5. The van der Waals surface area contributed by atoms with E-state index in [2.05, 4.69) is 25.3 Å². The quantitative estimate of drug-likeness (QED) is 0.597. The van der Waals surface area contributed by atoms with Gasteiger partial charge in [-0.3, -0.25) is 0 Å². The van der Waals surface area contributed by atoms with Crippen molar-refractivity contribution in [2.75, 3.05) is 18.5 Å². The molecule has 3 heteroatoms. The minimum atomic E-state index is 0.586. The smallest absolute Gasteiger partial charge is 0.0452 e. The molecule has 0 aliphatic rings. The van der Waals surface area contributed by atoms with Gasteiger partial charge in [-0.25, -0.2) is 0 Å². The van der Waals surface area contributed by atoms with E-state index in [-0.39, 0.29) is 0 Å². The molecule has 1 atom stereocenters. The molecule has 1 rings (SSSR count). The Morgan fingerprint density at radius 2 is 2.13 bits per heavy atom. The fourth-order valence-corrected chi connectivity index (χ4v) is 2.18. The lowest BCUT2D eigenvalue weighted by atomic mass is 9.97. The molecule has 0 fully saturated rings. The van der Waals surface area contributed by atoms with Gasteiger partial charge in [0.15, 0.2) is 0 Å². The van der Waals surface area contributed by atoms with Crippen molar-refractivity contribution in [2.24, 2.45) is 11.7 Å². The molecule has 0 spiro atoms. The summed E-state index contributed by atoms with van der Waals surface area (Å²) in [6.07, 6.45) is 4.24. The minimum Gasteiger partial charge on any atom is -0.398 e. The minimum absolute atomic E-state index is 0.586. The first-order chi connectivity index (χ1) is 7.21. The Kier molecular flexibility index (Phi) is 4.99. The van der Waals surface area contributed by atoms with Crippen LogP contribution in [0.25, 0.3) is 0 Å². The van der Waals surface area contributed by atoms with Gasteiger partial charge in [-0.05, 0) is 42.8 Å². The molecule has 0 bridgehead atoms. The van der Waals surface area contributed by atoms with Crippen LogP contribution in [0.2, 0.25) is 0 Å². The van der Waals surface area contributed by atoms with Crippen molar-refractivity contribution in [1.29, 1.82) is 0 Å². The van der Waals surface area contributed by atoms with Gasteiger partial charge in [0.2, 0.25) is 0 Å². The zero-order valence-corrected chi connectivity index (χ0v) is 10.3. The van der Waals surface area contributed by atoms with Crippen molar-refractivity contribution in [3.8, 4) is 0 Å². The molecule has 0 amide bonds. The predicted octanol–water partition coefficient (Wildman–Crippen LogP) is 2.52. The van der Waals surface area contributed by atoms with Crippen molar-refractivity contribution >= 4 is 17.4 Å². The first kappa shape index (κ1) is 12.4. The monoisotopic (exact) mass is 224 g/mol. The van der Waals surface area contributed by atoms with Crippen molar-refractivity contribution in [2.45, 2.75) is 24.7 Å². The van der Waals surface area contributed by atoms with Crippen LogP contribution < -0.4 is 11.5 Å². The van der Waals surface area contributed by atoms with E-state index in [1.807, 2.05) is 6.07 Å². The Labute approximate surface area is 96.4 Å². The first-order valence-electron chi connectivity index (χ1n) is 5.33. The molecule has 1 aromatic carbocycles. The number of nitrogen functional groups attached to an aromatic ring is 1. The summed E-state index contributed by atoms with van der Waals surface area (Å²) in [6, 6.07) is 6.27. The Morgan fingerprint density at radius 3 is 2.67 bits per heavy atom. The largest absolute Gasteiger partial charge is 0.398 e. The van der Waals surface area contributed by atoms with Crippen LogP contribution in [0.4, 0.5) is 5.69 Å². The molecule has 84 valence electrons. The van der Waals surface area contributed by atoms with Crippen LogP contribution in [0.3, 0.4) is 0 Å². The van der Waals surface area contributed by atoms with Crippen LogP contribution in [0, 0.1) is 5.92 Å². The molecule has 0 aliphatic carbocycles. The topological polar surface area (TPSA) is 52.0 Å². The maximum atomic E-state index is 5.85. The molecular formula is C12H20N2S. The number of nitrogens with two attached hydrogens (primary N) is 2. The van der Waals surface area contributed by atoms with Gasteiger partial charge >= 0.3 is 0 Å². The summed E-state index contributed by atoms with van der Waals surface area (Å²) in [5, 5.41) is 0. The highest BCUT2D eigenvalue weighted by atomic mass is 32.2. The van der Waals surface area contributed by atoms with E-state index in [9.17, 15) is 0 Å². The highest BCUT2D eigenvalue weighted by Crippen LogP contribution is 2.25. The Hall–Kier alpha value is -0.670. The summed E-state index contributed by atoms with van der Waals surface area (Å²) < 4.78 is 0. The Bertz CT molecular complexity index is 308. The zero-order chi connectivity index (χ0) is 11.3. The summed E-state index contributed by atoms with van der Waals surface area (Å²) in [7, 11) is 0. The number of benzene rings is 1. The maximum absolute atomic E-state index is 5.85. The van der Waals surface area contributed by atoms with Gasteiger partial charge in [0.25, 0.3) is 0 Å². The van der Waals surface area contributed by atoms with Gasteiger partial charge in [0.1, 0.15) is 0 Å². The third-order valence-electron chi connectivity index (χ3n) is 2.73. The van der Waals surface area contributed by atoms with Crippen LogP contribution >= 0.6 is 11.8 Å². The molecule has 1 unspecified atom stereocenters. The summed E-state index contributed by atoms with van der Waals surface area (Å²) >= 11 is 1.70. The van der Waals surface area contributed by atoms with Crippen LogP contribution in [0.5, 0.6) is 0 Å². The highest BCUT2D eigenvalue weighted by molar-refractivity contribution is 7.98. The molecule has 0 aliphatic heterocycles. The molecule has 4 N–H and O–H groups in total. The van der Waals surface area contributed by atoms with E-state index in [1.54, 1.807) is 11.8 Å². The average Bonchev–Trinajstić information content (AvgIpc) is 2.28. The molecule has 2 nitrogen and oxygen atoms in total. The van der Waals surface area contributed by atoms with Gasteiger partial charge in [-0.15, -0.1) is 11.8 Å². The van der Waals surface area contributed by atoms with Crippen molar-refractivity contribution in [3.63, 3.8) is 0 Å². The second-order valence-electron chi connectivity index (χ2n) is 3.79. The van der Waals surface area contributed by atoms with E-state index in [4.69, 9.17) is 11.5 Å². The summed E-state index contributed by atoms with van der Waals surface area (Å²) in [4.78, 5) is 1.17. The Morgan fingerprint density at radius 1 is 1.40 bits per heavy atom. The Balaban J connectivity index is 2.77. The van der Waals surface area contributed by atoms with Crippen molar-refractivity contribution in [3.05, 3.63) is 23.8 Å². The lowest BCUT2D eigenvalue weighted by molar-refractivity contribution is 0.518. The van der Waals surface area contributed by atoms with Gasteiger partial charge in [0.05, 0.1) is 0 Å². The summed E-state index contributed by atoms with van der Waals surface area (Å²) in [5.41, 5.74) is 13.8. The van der Waals surface area contributed by atoms with Gasteiger partial charge in [0, 0.05) is 10.6 Å². The zero-order valence-electron chi connectivity index (χ0n) is 9.49. The molecule has 1 aromatic rings. The molecule has 0 aromatic heterocycles. The lowest BCUT2D eigenvalue weighted by Crippen LogP contribution is -2.15. The molecular weight excluding hydrogens is 204 g/mol. The van der Waals surface area contributed by atoms with Gasteiger partial charge < -0.3 is 11.5 Å². The maximum Gasteiger partial charge on any atom is 0.0452 e. The second-order valence-corrected chi connectivity index (χ2v) is 4.64. The normalized spacial score (nSPS) is 12.7. The lowest BCUT2D eigenvalue weighted by Gasteiger charge is -2.13. The van der Waals surface area contributed by atoms with E-state index in [0.717, 1.165) is 25.1 Å². The van der Waals surface area contributed by atoms with Crippen LogP contribution in [0.15, 0.2) is 23.1 Å². The molecule has 15 heavy (non-hydrogen) atoms. The second kappa shape index (κ2) is 6.03. The third kappa shape index (κ3) is 3.43. The van der Waals surface area contributed by atoms with Crippen LogP contribution in [-0.4, -0.2) is 12.8 Å². The first-order valence-corrected chi connectivity index (χ1v) is 6.56. The molecule has 0 radical (unpaired) electrons.